The zero-order chi connectivity index (χ0) is 30.9. The number of hydrogen-bond acceptors (Lipinski definition) is 3. The van der Waals surface area contributed by atoms with Crippen molar-refractivity contribution in [1.82, 2.24) is 20.5 Å². The van der Waals surface area contributed by atoms with Gasteiger partial charge in [0.1, 0.15) is 0 Å². The van der Waals surface area contributed by atoms with Gasteiger partial charge in [-0.05, 0) is 91.5 Å². The summed E-state index contributed by atoms with van der Waals surface area (Å²) in [6.45, 7) is 3.60. The number of likely N-dealkylation sites (tertiary alicyclic amines) is 1. The smallest absolute Gasteiger partial charge is 0.251 e. The average molecular weight is 599 g/mol. The van der Waals surface area contributed by atoms with Crippen LogP contribution in [0.3, 0.4) is 0 Å². The number of piperidine rings is 1. The number of hydrogen-bond donors (Lipinski definition) is 3. The molecule has 1 aliphatic rings. The summed E-state index contributed by atoms with van der Waals surface area (Å²) in [5.41, 5.74) is 4.84. The number of nitrogens with zero attached hydrogens (tertiary/aromatic N) is 1. The molecular formula is C39H42N4O2. The minimum Gasteiger partial charge on any atom is -0.361 e. The molecule has 1 saturated heterocycles. The van der Waals surface area contributed by atoms with E-state index in [0.717, 1.165) is 43.4 Å². The zero-order valence-electron chi connectivity index (χ0n) is 25.8. The van der Waals surface area contributed by atoms with E-state index < -0.39 is 5.41 Å². The quantitative estimate of drug-likeness (QED) is 0.150. The summed E-state index contributed by atoms with van der Waals surface area (Å²) in [4.78, 5) is 31.8. The average Bonchev–Trinajstić information content (AvgIpc) is 3.58. The topological polar surface area (TPSA) is 77.2 Å². The Morgan fingerprint density at radius 2 is 1.42 bits per heavy atom. The minimum atomic E-state index is -0.400. The molecule has 1 aromatic heterocycles. The van der Waals surface area contributed by atoms with Crippen LogP contribution < -0.4 is 10.6 Å². The molecule has 0 aliphatic carbocycles. The minimum absolute atomic E-state index is 0.0857. The maximum Gasteiger partial charge on any atom is 0.251 e. The Morgan fingerprint density at radius 3 is 2.09 bits per heavy atom. The monoisotopic (exact) mass is 598 g/mol. The van der Waals surface area contributed by atoms with Crippen LogP contribution in [0, 0.1) is 0 Å². The van der Waals surface area contributed by atoms with Gasteiger partial charge in [-0.15, -0.1) is 0 Å². The van der Waals surface area contributed by atoms with Crippen LogP contribution in [0.1, 0.15) is 58.6 Å². The molecule has 6 nitrogen and oxygen atoms in total. The fourth-order valence-corrected chi connectivity index (χ4v) is 6.85. The molecule has 0 spiro atoms. The second-order valence-electron chi connectivity index (χ2n) is 12.2. The molecule has 0 radical (unpaired) electrons. The van der Waals surface area contributed by atoms with E-state index in [1.807, 2.05) is 36.5 Å². The van der Waals surface area contributed by atoms with Crippen molar-refractivity contribution < 1.29 is 9.59 Å². The third-order valence-electron chi connectivity index (χ3n) is 9.40. The number of fused-ring (bicyclic) bond motifs is 1. The van der Waals surface area contributed by atoms with Crippen molar-refractivity contribution >= 4 is 22.7 Å². The normalized spacial score (nSPS) is 14.3. The van der Waals surface area contributed by atoms with Gasteiger partial charge in [0.15, 0.2) is 0 Å². The second kappa shape index (κ2) is 14.4. The third-order valence-corrected chi connectivity index (χ3v) is 9.40. The maximum absolute atomic E-state index is 13.2. The predicted octanol–water partition coefficient (Wildman–Crippen LogP) is 6.66. The lowest BCUT2D eigenvalue weighted by atomic mass is 9.71. The largest absolute Gasteiger partial charge is 0.361 e. The summed E-state index contributed by atoms with van der Waals surface area (Å²) in [6, 6.07) is 39.4. The van der Waals surface area contributed by atoms with Crippen molar-refractivity contribution in [3.63, 3.8) is 0 Å². The molecule has 2 amide bonds. The fraction of sp³-hybridized carbons (Fsp3) is 0.282. The van der Waals surface area contributed by atoms with Crippen molar-refractivity contribution in [1.29, 1.82) is 0 Å². The Labute approximate surface area is 265 Å². The molecular weight excluding hydrogens is 556 g/mol. The summed E-state index contributed by atoms with van der Waals surface area (Å²) in [5.74, 6) is 0.167. The van der Waals surface area contributed by atoms with Gasteiger partial charge >= 0.3 is 0 Å². The molecule has 6 rings (SSSR count). The van der Waals surface area contributed by atoms with Gasteiger partial charge in [-0.1, -0.05) is 97.1 Å². The van der Waals surface area contributed by atoms with Crippen molar-refractivity contribution in [3.05, 3.63) is 144 Å². The highest BCUT2D eigenvalue weighted by Gasteiger charge is 2.34. The van der Waals surface area contributed by atoms with E-state index in [0.29, 0.717) is 18.0 Å². The van der Waals surface area contributed by atoms with E-state index in [2.05, 4.69) is 99.4 Å². The molecule has 0 unspecified atom stereocenters. The first-order chi connectivity index (χ1) is 22.1. The van der Waals surface area contributed by atoms with Crippen LogP contribution >= 0.6 is 0 Å². The first-order valence-electron chi connectivity index (χ1n) is 16.1. The van der Waals surface area contributed by atoms with Crippen LogP contribution in [0.15, 0.2) is 121 Å². The fourth-order valence-electron chi connectivity index (χ4n) is 6.85. The van der Waals surface area contributed by atoms with Crippen molar-refractivity contribution in [3.8, 4) is 0 Å². The van der Waals surface area contributed by atoms with Crippen molar-refractivity contribution in [2.45, 2.75) is 37.0 Å². The lowest BCUT2D eigenvalue weighted by Crippen LogP contribution is -2.45. The van der Waals surface area contributed by atoms with E-state index in [-0.39, 0.29) is 18.4 Å². The van der Waals surface area contributed by atoms with E-state index >= 15 is 0 Å². The highest BCUT2D eigenvalue weighted by atomic mass is 16.2. The summed E-state index contributed by atoms with van der Waals surface area (Å²) < 4.78 is 0. The lowest BCUT2D eigenvalue weighted by Gasteiger charge is -2.37. The highest BCUT2D eigenvalue weighted by Crippen LogP contribution is 2.37. The Kier molecular flexibility index (Phi) is 9.71. The molecule has 0 bridgehead atoms. The van der Waals surface area contributed by atoms with E-state index in [4.69, 9.17) is 0 Å². The molecule has 4 aromatic carbocycles. The Balaban J connectivity index is 1.11. The van der Waals surface area contributed by atoms with Crippen LogP contribution in [-0.2, 0) is 10.2 Å². The molecule has 1 aliphatic heterocycles. The number of H-pyrrole nitrogens is 1. The number of nitrogens with one attached hydrogen (secondary N) is 3. The molecule has 45 heavy (non-hydrogen) atoms. The van der Waals surface area contributed by atoms with Crippen molar-refractivity contribution in [2.75, 3.05) is 32.7 Å². The second-order valence-corrected chi connectivity index (χ2v) is 12.2. The van der Waals surface area contributed by atoms with E-state index in [1.165, 1.54) is 29.5 Å². The van der Waals surface area contributed by atoms with Crippen LogP contribution in [0.4, 0.5) is 0 Å². The van der Waals surface area contributed by atoms with Crippen LogP contribution in [0.25, 0.3) is 10.9 Å². The van der Waals surface area contributed by atoms with Gasteiger partial charge in [0.25, 0.3) is 5.91 Å². The summed E-state index contributed by atoms with van der Waals surface area (Å²) in [5, 5.41) is 7.03. The third kappa shape index (κ3) is 7.35. The summed E-state index contributed by atoms with van der Waals surface area (Å²) >= 11 is 0. The van der Waals surface area contributed by atoms with Crippen LogP contribution in [0.2, 0.25) is 0 Å². The molecule has 230 valence electrons. The highest BCUT2D eigenvalue weighted by molar-refractivity contribution is 5.99. The zero-order valence-corrected chi connectivity index (χ0v) is 25.8. The lowest BCUT2D eigenvalue weighted by molar-refractivity contribution is -0.120. The maximum atomic E-state index is 13.2. The van der Waals surface area contributed by atoms with Gasteiger partial charge in [-0.2, -0.15) is 0 Å². The van der Waals surface area contributed by atoms with Gasteiger partial charge in [0.2, 0.25) is 5.91 Å². The summed E-state index contributed by atoms with van der Waals surface area (Å²) in [7, 11) is 0. The number of aromatic amines is 1. The Morgan fingerprint density at radius 1 is 0.778 bits per heavy atom. The molecule has 3 N–H and O–H groups in total. The number of amides is 2. The van der Waals surface area contributed by atoms with Gasteiger partial charge < -0.3 is 20.5 Å². The predicted molar refractivity (Wildman–Crippen MR) is 181 cm³/mol. The number of aromatic nitrogens is 1. The van der Waals surface area contributed by atoms with Crippen LogP contribution in [0.5, 0.6) is 0 Å². The van der Waals surface area contributed by atoms with Crippen molar-refractivity contribution in [2.24, 2.45) is 0 Å². The first-order valence-corrected chi connectivity index (χ1v) is 16.1. The van der Waals surface area contributed by atoms with Crippen LogP contribution in [-0.4, -0.2) is 54.4 Å². The number of carbonyl (C=O) groups excluding carboxylic acids is 2. The Bertz CT molecular complexity index is 1640. The number of carbonyl (C=O) groups is 2. The SMILES string of the molecule is O=C(CNC(=O)c1ccc2cc[nH]c2c1)NCC(CCCN1CCC(c2ccccc2)CC1)(c1ccccc1)c1ccccc1. The van der Waals surface area contributed by atoms with E-state index in [9.17, 15) is 9.59 Å². The Hall–Kier alpha value is -4.68. The van der Waals surface area contributed by atoms with Gasteiger partial charge in [0, 0.05) is 29.2 Å². The summed E-state index contributed by atoms with van der Waals surface area (Å²) in [6.07, 6.45) is 6.12. The molecule has 0 atom stereocenters. The molecule has 1 fully saturated rings. The van der Waals surface area contributed by atoms with Gasteiger partial charge in [0.05, 0.1) is 6.54 Å². The molecule has 2 heterocycles. The molecule has 6 heteroatoms. The standard InChI is InChI=1S/C39H42N4O2/c44-37(28-41-38(45)33-18-17-32-19-23-40-36(32)27-33)42-29-39(34-13-6-2-7-14-34,35-15-8-3-9-16-35)22-10-24-43-25-20-31(21-26-43)30-11-4-1-5-12-30/h1-9,11-19,23,27,31,40H,10,20-22,24-26,28-29H2,(H,41,45)(H,42,44). The number of benzene rings is 4. The molecule has 5 aromatic rings. The number of rotatable bonds is 12. The first kappa shape index (κ1) is 30.4. The molecule has 0 saturated carbocycles. The van der Waals surface area contributed by atoms with Gasteiger partial charge in [-0.25, -0.2) is 0 Å². The van der Waals surface area contributed by atoms with E-state index in [1.54, 1.807) is 6.07 Å². The van der Waals surface area contributed by atoms with Gasteiger partial charge in [-0.3, -0.25) is 9.59 Å².